The average Bonchev–Trinajstić information content (AvgIpc) is 2.76. The first-order chi connectivity index (χ1) is 15.0. The van der Waals surface area contributed by atoms with E-state index in [2.05, 4.69) is 38.4 Å². The summed E-state index contributed by atoms with van der Waals surface area (Å²) in [5.41, 5.74) is 4.93. The van der Waals surface area contributed by atoms with Gasteiger partial charge in [-0.2, -0.15) is 5.10 Å². The van der Waals surface area contributed by atoms with E-state index in [-0.39, 0.29) is 11.7 Å². The molecule has 6 nitrogen and oxygen atoms in total. The number of rotatable bonds is 7. The lowest BCUT2D eigenvalue weighted by atomic mass is 10.1. The van der Waals surface area contributed by atoms with E-state index in [4.69, 9.17) is 0 Å². The van der Waals surface area contributed by atoms with E-state index in [9.17, 15) is 14.7 Å². The van der Waals surface area contributed by atoms with Gasteiger partial charge in [0.25, 0.3) is 11.8 Å². The molecule has 7 heteroatoms. The third kappa shape index (κ3) is 5.90. The average molecular weight is 478 g/mol. The molecule has 0 atom stereocenters. The number of hydrazone groups is 1. The number of carbonyl (C=O) groups is 2. The molecule has 31 heavy (non-hydrogen) atoms. The van der Waals surface area contributed by atoms with Crippen molar-refractivity contribution in [3.8, 4) is 5.75 Å². The van der Waals surface area contributed by atoms with Crippen LogP contribution >= 0.6 is 15.9 Å². The van der Waals surface area contributed by atoms with Gasteiger partial charge in [0.15, 0.2) is 0 Å². The number of allylic oxidation sites excluding steroid dienone is 1. The molecule has 2 amide bonds. The lowest BCUT2D eigenvalue weighted by Crippen LogP contribution is -2.18. The maximum absolute atomic E-state index is 12.4. The van der Waals surface area contributed by atoms with Gasteiger partial charge in [0, 0.05) is 26.9 Å². The molecule has 3 rings (SSSR count). The molecule has 0 unspecified atom stereocenters. The predicted molar refractivity (Wildman–Crippen MR) is 126 cm³/mol. The summed E-state index contributed by atoms with van der Waals surface area (Å²) in [6, 6.07) is 18.8. The Bertz CT molecular complexity index is 1160. The Hall–Kier alpha value is -3.71. The van der Waals surface area contributed by atoms with Crippen LogP contribution in [0.2, 0.25) is 0 Å². The number of aromatic hydroxyl groups is 1. The SMILES string of the molecule is C=CCc1cccc(C=NNC(=O)c2cccc(NC(=O)c3cccc(Br)c3)c2)c1O. The second-order valence-corrected chi connectivity index (χ2v) is 7.51. The summed E-state index contributed by atoms with van der Waals surface area (Å²) in [7, 11) is 0. The van der Waals surface area contributed by atoms with E-state index in [1.54, 1.807) is 66.7 Å². The minimum absolute atomic E-state index is 0.0951. The van der Waals surface area contributed by atoms with Crippen LogP contribution in [0, 0.1) is 0 Å². The van der Waals surface area contributed by atoms with Crippen molar-refractivity contribution < 1.29 is 14.7 Å². The number of halogens is 1. The van der Waals surface area contributed by atoms with Crippen LogP contribution in [0.3, 0.4) is 0 Å². The smallest absolute Gasteiger partial charge is 0.271 e. The topological polar surface area (TPSA) is 90.8 Å². The number of phenolic OH excluding ortho intramolecular Hbond substituents is 1. The Labute approximate surface area is 188 Å². The van der Waals surface area contributed by atoms with Gasteiger partial charge in [0.05, 0.1) is 6.21 Å². The van der Waals surface area contributed by atoms with Crippen molar-refractivity contribution in [2.45, 2.75) is 6.42 Å². The van der Waals surface area contributed by atoms with Gasteiger partial charge in [-0.3, -0.25) is 9.59 Å². The molecule has 3 aromatic rings. The fraction of sp³-hybridized carbons (Fsp3) is 0.0417. The van der Waals surface area contributed by atoms with Gasteiger partial charge in [0.2, 0.25) is 0 Å². The number of hydrogen-bond donors (Lipinski definition) is 3. The molecule has 3 N–H and O–H groups in total. The molecule has 3 aromatic carbocycles. The van der Waals surface area contributed by atoms with Crippen molar-refractivity contribution in [1.29, 1.82) is 0 Å². The number of nitrogens with one attached hydrogen (secondary N) is 2. The summed E-state index contributed by atoms with van der Waals surface area (Å²) >= 11 is 3.34. The maximum Gasteiger partial charge on any atom is 0.271 e. The summed E-state index contributed by atoms with van der Waals surface area (Å²) in [5.74, 6) is -0.638. The highest BCUT2D eigenvalue weighted by Crippen LogP contribution is 2.21. The third-order valence-corrected chi connectivity index (χ3v) is 4.85. The molecule has 0 aromatic heterocycles. The van der Waals surface area contributed by atoms with E-state index in [0.29, 0.717) is 28.8 Å². The molecule has 0 fully saturated rings. The van der Waals surface area contributed by atoms with Crippen molar-refractivity contribution in [3.05, 3.63) is 106 Å². The zero-order valence-corrected chi connectivity index (χ0v) is 18.1. The van der Waals surface area contributed by atoms with E-state index in [1.165, 1.54) is 6.21 Å². The number of anilines is 1. The van der Waals surface area contributed by atoms with Gasteiger partial charge in [-0.05, 0) is 54.4 Å². The highest BCUT2D eigenvalue weighted by atomic mass is 79.9. The van der Waals surface area contributed by atoms with Crippen molar-refractivity contribution in [2.75, 3.05) is 5.32 Å². The summed E-state index contributed by atoms with van der Waals surface area (Å²) in [4.78, 5) is 24.8. The molecule has 0 aliphatic carbocycles. The second kappa shape index (κ2) is 10.4. The van der Waals surface area contributed by atoms with Gasteiger partial charge in [0.1, 0.15) is 5.75 Å². The minimum atomic E-state index is -0.448. The lowest BCUT2D eigenvalue weighted by molar-refractivity contribution is 0.0953. The number of para-hydroxylation sites is 1. The quantitative estimate of drug-likeness (QED) is 0.256. The monoisotopic (exact) mass is 477 g/mol. The fourth-order valence-corrected chi connectivity index (χ4v) is 3.23. The summed E-state index contributed by atoms with van der Waals surface area (Å²) < 4.78 is 0.798. The van der Waals surface area contributed by atoms with Crippen LogP contribution in [-0.2, 0) is 6.42 Å². The fourth-order valence-electron chi connectivity index (χ4n) is 2.83. The van der Waals surface area contributed by atoms with Gasteiger partial charge in [-0.15, -0.1) is 6.58 Å². The first kappa shape index (κ1) is 22.0. The lowest BCUT2D eigenvalue weighted by Gasteiger charge is -2.07. The van der Waals surface area contributed by atoms with E-state index >= 15 is 0 Å². The van der Waals surface area contributed by atoms with Crippen molar-refractivity contribution in [2.24, 2.45) is 5.10 Å². The Morgan fingerprint density at radius 1 is 1.00 bits per heavy atom. The summed E-state index contributed by atoms with van der Waals surface area (Å²) in [6.45, 7) is 3.66. The van der Waals surface area contributed by atoms with Crippen LogP contribution in [0.25, 0.3) is 0 Å². The molecule has 0 spiro atoms. The third-order valence-electron chi connectivity index (χ3n) is 4.35. The molecule has 0 aliphatic rings. The highest BCUT2D eigenvalue weighted by molar-refractivity contribution is 9.10. The molecule has 156 valence electrons. The molecule has 0 saturated heterocycles. The van der Waals surface area contributed by atoms with Crippen LogP contribution in [-0.4, -0.2) is 23.1 Å². The zero-order valence-electron chi connectivity index (χ0n) is 16.5. The normalized spacial score (nSPS) is 10.6. The molecule has 0 saturated carbocycles. The number of amides is 2. The molecule has 0 bridgehead atoms. The number of hydrogen-bond acceptors (Lipinski definition) is 4. The standard InChI is InChI=1S/C24H20BrN3O3/c1-2-6-16-7-3-10-19(22(16)29)15-26-28-24(31)18-9-5-12-21(14-18)27-23(30)17-8-4-11-20(25)13-17/h2-5,7-15,29H,1,6H2,(H,27,30)(H,28,31). The Morgan fingerprint density at radius 3 is 2.45 bits per heavy atom. The zero-order chi connectivity index (χ0) is 22.2. The van der Waals surface area contributed by atoms with Crippen LogP contribution in [0.5, 0.6) is 5.75 Å². The predicted octanol–water partition coefficient (Wildman–Crippen LogP) is 4.90. The summed E-state index contributed by atoms with van der Waals surface area (Å²) in [5, 5.41) is 16.9. The molecule has 0 heterocycles. The van der Waals surface area contributed by atoms with Crippen molar-refractivity contribution in [3.63, 3.8) is 0 Å². The van der Waals surface area contributed by atoms with Crippen molar-refractivity contribution in [1.82, 2.24) is 5.43 Å². The minimum Gasteiger partial charge on any atom is -0.507 e. The van der Waals surface area contributed by atoms with Crippen molar-refractivity contribution >= 4 is 39.6 Å². The molecule has 0 radical (unpaired) electrons. The number of benzene rings is 3. The largest absolute Gasteiger partial charge is 0.507 e. The van der Waals surface area contributed by atoms with Crippen LogP contribution in [0.4, 0.5) is 5.69 Å². The number of phenols is 1. The van der Waals surface area contributed by atoms with Gasteiger partial charge >= 0.3 is 0 Å². The summed E-state index contributed by atoms with van der Waals surface area (Å²) in [6.07, 6.45) is 3.59. The first-order valence-corrected chi connectivity index (χ1v) is 10.2. The molecular formula is C24H20BrN3O3. The highest BCUT2D eigenvalue weighted by Gasteiger charge is 2.10. The Morgan fingerprint density at radius 2 is 1.71 bits per heavy atom. The van der Waals surface area contributed by atoms with Gasteiger partial charge < -0.3 is 10.4 Å². The van der Waals surface area contributed by atoms with Crippen LogP contribution < -0.4 is 10.7 Å². The van der Waals surface area contributed by atoms with E-state index in [1.807, 2.05) is 6.07 Å². The number of carbonyl (C=O) groups excluding carboxylic acids is 2. The van der Waals surface area contributed by atoms with E-state index in [0.717, 1.165) is 10.0 Å². The number of nitrogens with zero attached hydrogens (tertiary/aromatic N) is 1. The van der Waals surface area contributed by atoms with Gasteiger partial charge in [-0.25, -0.2) is 5.43 Å². The Kier molecular flexibility index (Phi) is 7.35. The maximum atomic E-state index is 12.4. The second-order valence-electron chi connectivity index (χ2n) is 6.59. The Balaban J connectivity index is 1.66. The molecule has 0 aliphatic heterocycles. The van der Waals surface area contributed by atoms with Gasteiger partial charge in [-0.1, -0.05) is 46.3 Å². The molecular weight excluding hydrogens is 458 g/mol. The van der Waals surface area contributed by atoms with E-state index < -0.39 is 5.91 Å². The first-order valence-electron chi connectivity index (χ1n) is 9.40. The van der Waals surface area contributed by atoms with Crippen LogP contribution in [0.1, 0.15) is 31.8 Å². The van der Waals surface area contributed by atoms with Crippen LogP contribution in [0.15, 0.2) is 89.0 Å².